The molecule has 0 saturated heterocycles. The van der Waals surface area contributed by atoms with E-state index in [-0.39, 0.29) is 29.6 Å². The number of carbonyl (C=O) groups excluding carboxylic acids is 2. The quantitative estimate of drug-likeness (QED) is 0.523. The van der Waals surface area contributed by atoms with Gasteiger partial charge in [0.2, 0.25) is 15.9 Å². The highest BCUT2D eigenvalue weighted by Crippen LogP contribution is 2.24. The maximum Gasteiger partial charge on any atom is 0.240 e. The Morgan fingerprint density at radius 3 is 2.27 bits per heavy atom. The third-order valence-corrected chi connectivity index (χ3v) is 5.90. The first kappa shape index (κ1) is 23.4. The van der Waals surface area contributed by atoms with Crippen LogP contribution in [0.25, 0.3) is 0 Å². The molecule has 0 aromatic heterocycles. The predicted octanol–water partition coefficient (Wildman–Crippen LogP) is 1.93. The summed E-state index contributed by atoms with van der Waals surface area (Å²) in [4.78, 5) is 23.3. The molecule has 2 rings (SSSR count). The van der Waals surface area contributed by atoms with Gasteiger partial charge in [0.05, 0.1) is 19.1 Å². The third kappa shape index (κ3) is 6.57. The molecule has 0 aliphatic rings. The number of sulfonamides is 1. The normalized spacial score (nSPS) is 11.0. The zero-order chi connectivity index (χ0) is 22.1. The van der Waals surface area contributed by atoms with Gasteiger partial charge in [0.25, 0.3) is 0 Å². The number of hydrogen-bond donors (Lipinski definition) is 2. The van der Waals surface area contributed by atoms with E-state index in [9.17, 15) is 18.0 Å². The molecule has 0 atom stereocenters. The lowest BCUT2D eigenvalue weighted by Crippen LogP contribution is -2.31. The third-order valence-electron chi connectivity index (χ3n) is 4.42. The Balaban J connectivity index is 1.80. The van der Waals surface area contributed by atoms with E-state index in [1.165, 1.54) is 31.2 Å². The van der Waals surface area contributed by atoms with E-state index in [0.717, 1.165) is 5.56 Å². The first-order valence-corrected chi connectivity index (χ1v) is 10.8. The molecule has 0 fully saturated rings. The van der Waals surface area contributed by atoms with Crippen molar-refractivity contribution in [2.75, 3.05) is 27.3 Å². The smallest absolute Gasteiger partial charge is 0.240 e. The summed E-state index contributed by atoms with van der Waals surface area (Å²) in [7, 11) is -0.602. The van der Waals surface area contributed by atoms with Crippen molar-refractivity contribution in [2.24, 2.45) is 0 Å². The summed E-state index contributed by atoms with van der Waals surface area (Å²) in [6.45, 7) is 1.75. The summed E-state index contributed by atoms with van der Waals surface area (Å²) in [5.41, 5.74) is 1.33. The Kier molecular flexibility index (Phi) is 8.37. The van der Waals surface area contributed by atoms with Crippen LogP contribution in [-0.4, -0.2) is 47.4 Å². The predicted molar refractivity (Wildman–Crippen MR) is 113 cm³/mol. The highest BCUT2D eigenvalue weighted by molar-refractivity contribution is 7.89. The lowest BCUT2D eigenvalue weighted by molar-refractivity contribution is -0.120. The number of benzene rings is 2. The van der Waals surface area contributed by atoms with Crippen LogP contribution in [-0.2, 0) is 21.2 Å². The second-order valence-corrected chi connectivity index (χ2v) is 8.27. The molecule has 0 spiro atoms. The summed E-state index contributed by atoms with van der Waals surface area (Å²) in [6, 6.07) is 11.1. The topological polar surface area (TPSA) is 111 Å². The van der Waals surface area contributed by atoms with Gasteiger partial charge in [-0.05, 0) is 49.2 Å². The van der Waals surface area contributed by atoms with E-state index in [1.807, 2.05) is 6.07 Å². The zero-order valence-corrected chi connectivity index (χ0v) is 18.0. The summed E-state index contributed by atoms with van der Waals surface area (Å²) < 4.78 is 37.4. The van der Waals surface area contributed by atoms with Crippen molar-refractivity contribution in [3.63, 3.8) is 0 Å². The Morgan fingerprint density at radius 1 is 0.967 bits per heavy atom. The fourth-order valence-corrected chi connectivity index (χ4v) is 3.79. The van der Waals surface area contributed by atoms with E-state index < -0.39 is 10.0 Å². The number of Topliss-reactive ketones (excluding diaryl/α,β-unsaturated/α-hetero) is 1. The van der Waals surface area contributed by atoms with Crippen LogP contribution in [0.3, 0.4) is 0 Å². The second kappa shape index (κ2) is 10.7. The Hall–Kier alpha value is -2.91. The molecule has 30 heavy (non-hydrogen) atoms. The van der Waals surface area contributed by atoms with Crippen LogP contribution < -0.4 is 19.5 Å². The lowest BCUT2D eigenvalue weighted by Gasteiger charge is -2.11. The largest absolute Gasteiger partial charge is 0.497 e. The highest BCUT2D eigenvalue weighted by atomic mass is 32.2. The van der Waals surface area contributed by atoms with Crippen LogP contribution in [0.2, 0.25) is 0 Å². The number of methoxy groups -OCH3 is 2. The first-order valence-electron chi connectivity index (χ1n) is 9.35. The van der Waals surface area contributed by atoms with Crippen LogP contribution in [0.5, 0.6) is 11.5 Å². The van der Waals surface area contributed by atoms with Crippen LogP contribution in [0.1, 0.15) is 29.3 Å². The highest BCUT2D eigenvalue weighted by Gasteiger charge is 2.15. The van der Waals surface area contributed by atoms with Crippen molar-refractivity contribution in [1.82, 2.24) is 10.0 Å². The van der Waals surface area contributed by atoms with Gasteiger partial charge in [-0.15, -0.1) is 0 Å². The molecule has 1 amide bonds. The van der Waals surface area contributed by atoms with Crippen molar-refractivity contribution in [3.05, 3.63) is 53.6 Å². The zero-order valence-electron chi connectivity index (χ0n) is 17.2. The number of nitrogens with one attached hydrogen (secondary N) is 2. The van der Waals surface area contributed by atoms with Gasteiger partial charge < -0.3 is 14.8 Å². The molecule has 162 valence electrons. The van der Waals surface area contributed by atoms with Crippen LogP contribution in [0, 0.1) is 0 Å². The van der Waals surface area contributed by atoms with E-state index in [0.29, 0.717) is 30.0 Å². The maximum absolute atomic E-state index is 12.3. The lowest BCUT2D eigenvalue weighted by atomic mass is 10.1. The molecule has 0 unspecified atom stereocenters. The van der Waals surface area contributed by atoms with E-state index in [1.54, 1.807) is 26.4 Å². The molecule has 2 N–H and O–H groups in total. The standard InChI is InChI=1S/C21H26N2O6S/c1-15(24)16-4-7-19(8-5-16)30(26,27)23-13-11-21(25)22-12-10-17-14-18(28-2)6-9-20(17)29-3/h4-9,14,23H,10-13H2,1-3H3,(H,22,25). The SMILES string of the molecule is COc1ccc(OC)c(CCNC(=O)CCNS(=O)(=O)c2ccc(C(C)=O)cc2)c1. The van der Waals surface area contributed by atoms with Gasteiger partial charge >= 0.3 is 0 Å². The minimum atomic E-state index is -3.75. The monoisotopic (exact) mass is 434 g/mol. The van der Waals surface area contributed by atoms with Gasteiger partial charge in [0.1, 0.15) is 11.5 Å². The molecule has 0 bridgehead atoms. The van der Waals surface area contributed by atoms with Crippen molar-refractivity contribution in [1.29, 1.82) is 0 Å². The van der Waals surface area contributed by atoms with Crippen LogP contribution in [0.4, 0.5) is 0 Å². The molecular formula is C21H26N2O6S. The Morgan fingerprint density at radius 2 is 1.67 bits per heavy atom. The maximum atomic E-state index is 12.3. The van der Waals surface area contributed by atoms with Crippen molar-refractivity contribution in [3.8, 4) is 11.5 Å². The number of amides is 1. The average molecular weight is 435 g/mol. The van der Waals surface area contributed by atoms with E-state index >= 15 is 0 Å². The van der Waals surface area contributed by atoms with Gasteiger partial charge in [-0.2, -0.15) is 0 Å². The van der Waals surface area contributed by atoms with Gasteiger partial charge in [-0.1, -0.05) is 12.1 Å². The number of ether oxygens (including phenoxy) is 2. The molecule has 8 nitrogen and oxygen atoms in total. The van der Waals surface area contributed by atoms with Crippen LogP contribution in [0.15, 0.2) is 47.4 Å². The number of ketones is 1. The number of rotatable bonds is 11. The van der Waals surface area contributed by atoms with Crippen molar-refractivity contribution in [2.45, 2.75) is 24.7 Å². The molecule has 2 aromatic carbocycles. The minimum Gasteiger partial charge on any atom is -0.497 e. The molecule has 0 heterocycles. The minimum absolute atomic E-state index is 0.00000517. The van der Waals surface area contributed by atoms with Crippen molar-refractivity contribution < 1.29 is 27.5 Å². The van der Waals surface area contributed by atoms with Gasteiger partial charge in [-0.3, -0.25) is 9.59 Å². The van der Waals surface area contributed by atoms with Gasteiger partial charge in [0, 0.05) is 25.1 Å². The Labute approximate surface area is 176 Å². The second-order valence-electron chi connectivity index (χ2n) is 6.51. The summed E-state index contributed by atoms with van der Waals surface area (Å²) >= 11 is 0. The first-order chi connectivity index (χ1) is 14.3. The van der Waals surface area contributed by atoms with E-state index in [2.05, 4.69) is 10.0 Å². The van der Waals surface area contributed by atoms with Crippen LogP contribution >= 0.6 is 0 Å². The molecule has 0 aliphatic heterocycles. The molecular weight excluding hydrogens is 408 g/mol. The van der Waals surface area contributed by atoms with Gasteiger partial charge in [-0.25, -0.2) is 13.1 Å². The molecule has 9 heteroatoms. The van der Waals surface area contributed by atoms with E-state index in [4.69, 9.17) is 9.47 Å². The summed E-state index contributed by atoms with van der Waals surface area (Å²) in [6.07, 6.45) is 0.542. The fourth-order valence-electron chi connectivity index (χ4n) is 2.75. The molecule has 0 aliphatic carbocycles. The number of carbonyl (C=O) groups is 2. The summed E-state index contributed by atoms with van der Waals surface area (Å²) in [5.74, 6) is 0.984. The Bertz CT molecular complexity index is 987. The van der Waals surface area contributed by atoms with Crippen molar-refractivity contribution >= 4 is 21.7 Å². The molecule has 0 radical (unpaired) electrons. The summed E-state index contributed by atoms with van der Waals surface area (Å²) in [5, 5.41) is 2.76. The average Bonchev–Trinajstić information content (AvgIpc) is 2.73. The number of hydrogen-bond acceptors (Lipinski definition) is 6. The molecule has 0 saturated carbocycles. The van der Waals surface area contributed by atoms with Gasteiger partial charge in [0.15, 0.2) is 5.78 Å². The fraction of sp³-hybridized carbons (Fsp3) is 0.333. The molecule has 2 aromatic rings.